The van der Waals surface area contributed by atoms with E-state index in [-0.39, 0.29) is 23.9 Å². The summed E-state index contributed by atoms with van der Waals surface area (Å²) in [6.07, 6.45) is 4.33. The zero-order chi connectivity index (χ0) is 21.4. The summed E-state index contributed by atoms with van der Waals surface area (Å²) in [6, 6.07) is 2.71. The quantitative estimate of drug-likeness (QED) is 0.591. The Hall–Kier alpha value is -3.37. The molecule has 3 aromatic rings. The van der Waals surface area contributed by atoms with E-state index in [1.807, 2.05) is 4.90 Å². The maximum absolute atomic E-state index is 13.4. The molecule has 3 heterocycles. The first-order chi connectivity index (χ1) is 15.0. The first kappa shape index (κ1) is 19.6. The smallest absolute Gasteiger partial charge is 0.315 e. The summed E-state index contributed by atoms with van der Waals surface area (Å²) in [5.41, 5.74) is 2.45. The van der Waals surface area contributed by atoms with Crippen LogP contribution in [0.25, 0.3) is 0 Å². The van der Waals surface area contributed by atoms with E-state index in [0.717, 1.165) is 16.8 Å². The number of likely N-dealkylation sites (tertiary alicyclic amines) is 1. The lowest BCUT2D eigenvalue weighted by molar-refractivity contribution is -0.135. The van der Waals surface area contributed by atoms with Gasteiger partial charge in [0, 0.05) is 37.9 Å². The number of aromatic nitrogens is 5. The van der Waals surface area contributed by atoms with Crippen LogP contribution in [0.15, 0.2) is 22.7 Å². The fraction of sp³-hybridized carbons (Fsp3) is 0.450. The Bertz CT molecular complexity index is 1050. The van der Waals surface area contributed by atoms with Crippen LogP contribution in [0.5, 0.6) is 0 Å². The van der Waals surface area contributed by atoms with E-state index in [1.165, 1.54) is 12.1 Å². The lowest BCUT2D eigenvalue weighted by Gasteiger charge is -2.38. The minimum absolute atomic E-state index is 0.0600. The standard InChI is InChI=1S/C20H21F2N7O2/c21-15-6-11-4-14(5-12(11)7-16(15)22)24-20-27-26-18(31-20)2-1-3-19(30)29-9-13(10-29)17-8-23-28-25-17/h6-8,13-14H,1-5,9-10H2,(H,24,27)(H,23,25,28). The number of anilines is 1. The summed E-state index contributed by atoms with van der Waals surface area (Å²) in [4.78, 5) is 14.1. The van der Waals surface area contributed by atoms with Crippen molar-refractivity contribution in [1.82, 2.24) is 30.5 Å². The molecule has 2 aliphatic rings. The fourth-order valence-electron chi connectivity index (χ4n) is 4.13. The van der Waals surface area contributed by atoms with Crippen LogP contribution in [0, 0.1) is 11.6 Å². The van der Waals surface area contributed by atoms with Gasteiger partial charge in [-0.25, -0.2) is 8.78 Å². The summed E-state index contributed by atoms with van der Waals surface area (Å²) in [5.74, 6) is -0.864. The van der Waals surface area contributed by atoms with E-state index in [4.69, 9.17) is 4.42 Å². The Labute approximate surface area is 176 Å². The summed E-state index contributed by atoms with van der Waals surface area (Å²) >= 11 is 0. The molecule has 2 aromatic heterocycles. The molecule has 1 amide bonds. The number of aryl methyl sites for hydroxylation is 1. The lowest BCUT2D eigenvalue weighted by Crippen LogP contribution is -2.48. The van der Waals surface area contributed by atoms with E-state index in [2.05, 4.69) is 30.9 Å². The molecule has 162 valence electrons. The fourth-order valence-corrected chi connectivity index (χ4v) is 4.13. The first-order valence-corrected chi connectivity index (χ1v) is 10.2. The van der Waals surface area contributed by atoms with Crippen LogP contribution >= 0.6 is 0 Å². The van der Waals surface area contributed by atoms with Gasteiger partial charge in [0.2, 0.25) is 11.8 Å². The predicted octanol–water partition coefficient (Wildman–Crippen LogP) is 1.99. The number of benzene rings is 1. The zero-order valence-electron chi connectivity index (χ0n) is 16.6. The molecule has 31 heavy (non-hydrogen) atoms. The third kappa shape index (κ3) is 4.12. The van der Waals surface area contributed by atoms with Gasteiger partial charge in [-0.2, -0.15) is 15.4 Å². The number of nitrogens with zero attached hydrogens (tertiary/aromatic N) is 5. The molecule has 1 saturated heterocycles. The van der Waals surface area contributed by atoms with Crippen LogP contribution in [-0.2, 0) is 24.1 Å². The molecule has 1 aromatic carbocycles. The Balaban J connectivity index is 1.05. The highest BCUT2D eigenvalue weighted by molar-refractivity contribution is 5.77. The van der Waals surface area contributed by atoms with E-state index in [0.29, 0.717) is 51.1 Å². The van der Waals surface area contributed by atoms with Gasteiger partial charge in [-0.1, -0.05) is 5.10 Å². The number of rotatable bonds is 7. The van der Waals surface area contributed by atoms with E-state index in [1.54, 1.807) is 6.20 Å². The number of aromatic amines is 1. The van der Waals surface area contributed by atoms with E-state index in [9.17, 15) is 13.6 Å². The molecule has 0 bridgehead atoms. The molecule has 0 atom stereocenters. The number of amides is 1. The van der Waals surface area contributed by atoms with Gasteiger partial charge in [-0.15, -0.1) is 5.10 Å². The van der Waals surface area contributed by atoms with Crippen molar-refractivity contribution in [3.05, 3.63) is 52.7 Å². The monoisotopic (exact) mass is 429 g/mol. The number of carbonyl (C=O) groups is 1. The van der Waals surface area contributed by atoms with Crippen LogP contribution in [0.2, 0.25) is 0 Å². The molecule has 9 nitrogen and oxygen atoms in total. The van der Waals surface area contributed by atoms with Crippen LogP contribution in [-0.4, -0.2) is 55.5 Å². The van der Waals surface area contributed by atoms with Gasteiger partial charge >= 0.3 is 6.01 Å². The van der Waals surface area contributed by atoms with Crippen molar-refractivity contribution >= 4 is 11.9 Å². The normalized spacial score (nSPS) is 16.4. The van der Waals surface area contributed by atoms with Crippen molar-refractivity contribution in [3.63, 3.8) is 0 Å². The van der Waals surface area contributed by atoms with Crippen LogP contribution in [0.4, 0.5) is 14.8 Å². The SMILES string of the molecule is O=C(CCCc1nnc(NC2Cc3cc(F)c(F)cc3C2)o1)N1CC(c2cn[nH]n2)C1. The maximum atomic E-state index is 13.4. The van der Waals surface area contributed by atoms with Crippen LogP contribution in [0.1, 0.15) is 41.5 Å². The van der Waals surface area contributed by atoms with E-state index < -0.39 is 11.6 Å². The highest BCUT2D eigenvalue weighted by Gasteiger charge is 2.32. The molecule has 0 radical (unpaired) electrons. The van der Waals surface area contributed by atoms with Gasteiger partial charge in [-0.05, 0) is 42.5 Å². The molecule has 1 fully saturated rings. The summed E-state index contributed by atoms with van der Waals surface area (Å²) in [6.45, 7) is 1.33. The van der Waals surface area contributed by atoms with Gasteiger partial charge in [0.1, 0.15) is 0 Å². The second-order valence-corrected chi connectivity index (χ2v) is 8.03. The van der Waals surface area contributed by atoms with Crippen molar-refractivity contribution < 1.29 is 18.0 Å². The lowest BCUT2D eigenvalue weighted by atomic mass is 9.96. The van der Waals surface area contributed by atoms with Crippen molar-refractivity contribution in [2.45, 2.75) is 44.1 Å². The average molecular weight is 429 g/mol. The molecular weight excluding hydrogens is 408 g/mol. The van der Waals surface area contributed by atoms with Gasteiger partial charge in [0.15, 0.2) is 11.6 Å². The third-order valence-electron chi connectivity index (χ3n) is 5.84. The van der Waals surface area contributed by atoms with Gasteiger partial charge in [0.25, 0.3) is 0 Å². The number of halogens is 2. The number of H-pyrrole nitrogens is 1. The number of hydrogen-bond donors (Lipinski definition) is 2. The third-order valence-corrected chi connectivity index (χ3v) is 5.84. The number of hydrogen-bond acceptors (Lipinski definition) is 7. The molecule has 2 N–H and O–H groups in total. The highest BCUT2D eigenvalue weighted by Crippen LogP contribution is 2.27. The molecule has 1 aliphatic carbocycles. The summed E-state index contributed by atoms with van der Waals surface area (Å²) in [7, 11) is 0. The molecule has 11 heteroatoms. The molecular formula is C20H21F2N7O2. The minimum Gasteiger partial charge on any atom is -0.408 e. The van der Waals surface area contributed by atoms with Gasteiger partial charge in [-0.3, -0.25) is 4.79 Å². The second kappa shape index (κ2) is 8.05. The molecule has 0 saturated carbocycles. The van der Waals surface area contributed by atoms with Crippen molar-refractivity contribution in [2.24, 2.45) is 0 Å². The molecule has 1 aliphatic heterocycles. The topological polar surface area (TPSA) is 113 Å². The Morgan fingerprint density at radius 2 is 1.94 bits per heavy atom. The van der Waals surface area contributed by atoms with Gasteiger partial charge in [0.05, 0.1) is 11.9 Å². The number of nitrogens with one attached hydrogen (secondary N) is 2. The zero-order valence-corrected chi connectivity index (χ0v) is 16.6. The Kier molecular flexibility index (Phi) is 5.08. The second-order valence-electron chi connectivity index (χ2n) is 8.03. The molecule has 0 unspecified atom stereocenters. The summed E-state index contributed by atoms with van der Waals surface area (Å²) in [5, 5.41) is 21.6. The first-order valence-electron chi connectivity index (χ1n) is 10.2. The Morgan fingerprint density at radius 1 is 1.19 bits per heavy atom. The average Bonchev–Trinajstić information content (AvgIpc) is 3.43. The molecule has 0 spiro atoms. The van der Waals surface area contributed by atoms with E-state index >= 15 is 0 Å². The number of fused-ring (bicyclic) bond motifs is 1. The number of carbonyl (C=O) groups excluding carboxylic acids is 1. The van der Waals surface area contributed by atoms with Crippen molar-refractivity contribution in [1.29, 1.82) is 0 Å². The Morgan fingerprint density at radius 3 is 2.61 bits per heavy atom. The van der Waals surface area contributed by atoms with Crippen molar-refractivity contribution in [3.8, 4) is 0 Å². The highest BCUT2D eigenvalue weighted by atomic mass is 19.2. The predicted molar refractivity (Wildman–Crippen MR) is 104 cm³/mol. The summed E-state index contributed by atoms with van der Waals surface area (Å²) < 4.78 is 32.4. The minimum atomic E-state index is -0.832. The van der Waals surface area contributed by atoms with Crippen LogP contribution in [0.3, 0.4) is 0 Å². The maximum Gasteiger partial charge on any atom is 0.315 e. The molecule has 5 rings (SSSR count). The largest absolute Gasteiger partial charge is 0.408 e. The van der Waals surface area contributed by atoms with Crippen molar-refractivity contribution in [2.75, 3.05) is 18.4 Å². The van der Waals surface area contributed by atoms with Crippen LogP contribution < -0.4 is 5.32 Å². The van der Waals surface area contributed by atoms with Gasteiger partial charge < -0.3 is 14.6 Å².